The van der Waals surface area contributed by atoms with Crippen molar-refractivity contribution in [1.29, 1.82) is 0 Å². The molecule has 0 aliphatic rings. The summed E-state index contributed by atoms with van der Waals surface area (Å²) in [4.78, 5) is 16.3. The molecule has 1 amide bonds. The molecular weight excluding hydrogens is 358 g/mol. The van der Waals surface area contributed by atoms with Gasteiger partial charge in [0.05, 0.1) is 19.8 Å². The number of nitrogens with two attached hydrogens (primary N) is 2. The van der Waals surface area contributed by atoms with E-state index in [-0.39, 0.29) is 28.5 Å². The number of fused-ring (bicyclic) bond motifs is 1. The lowest BCUT2D eigenvalue weighted by molar-refractivity contribution is 0.100. The minimum atomic E-state index is -1.02. The molecule has 7 nitrogen and oxygen atoms in total. The fourth-order valence-electron chi connectivity index (χ4n) is 2.97. The van der Waals surface area contributed by atoms with Crippen molar-refractivity contribution < 1.29 is 23.0 Å². The molecule has 0 radical (unpaired) electrons. The molecule has 142 valence electrons. The first kappa shape index (κ1) is 18.4. The maximum absolute atomic E-state index is 15.0. The normalized spacial score (nSPS) is 11.0. The van der Waals surface area contributed by atoms with Gasteiger partial charge in [0.15, 0.2) is 23.1 Å². The number of methoxy groups -OCH3 is 2. The van der Waals surface area contributed by atoms with Crippen molar-refractivity contribution in [3.05, 3.63) is 40.6 Å². The first-order valence-corrected chi connectivity index (χ1v) is 7.91. The molecule has 4 N–H and O–H groups in total. The second-order valence-electron chi connectivity index (χ2n) is 5.98. The molecule has 2 aromatic heterocycles. The summed E-state index contributed by atoms with van der Waals surface area (Å²) in [5, 5.41) is 0.295. The van der Waals surface area contributed by atoms with Crippen LogP contribution in [0.4, 0.5) is 14.6 Å². The number of aryl methyl sites for hydroxylation is 2. The summed E-state index contributed by atoms with van der Waals surface area (Å²) in [6.07, 6.45) is 0. The number of ether oxygens (including phenoxy) is 2. The summed E-state index contributed by atoms with van der Waals surface area (Å²) in [7, 11) is 2.47. The van der Waals surface area contributed by atoms with Gasteiger partial charge in [-0.2, -0.15) is 0 Å². The lowest BCUT2D eigenvalue weighted by Gasteiger charge is -2.15. The predicted octanol–water partition coefficient (Wildman–Crippen LogP) is 2.62. The molecule has 0 bridgehead atoms. The lowest BCUT2D eigenvalue weighted by atomic mass is 10.1. The third kappa shape index (κ3) is 2.62. The Morgan fingerprint density at radius 1 is 1.11 bits per heavy atom. The quantitative estimate of drug-likeness (QED) is 0.728. The number of benzene rings is 1. The van der Waals surface area contributed by atoms with Crippen LogP contribution in [0.3, 0.4) is 0 Å². The van der Waals surface area contributed by atoms with Crippen molar-refractivity contribution in [2.24, 2.45) is 5.73 Å². The van der Waals surface area contributed by atoms with Gasteiger partial charge in [-0.25, -0.2) is 13.8 Å². The molecule has 0 aliphatic heterocycles. The molecule has 0 fully saturated rings. The fraction of sp³-hybridized carbons (Fsp3) is 0.222. The van der Waals surface area contributed by atoms with Gasteiger partial charge in [0.2, 0.25) is 0 Å². The number of hydrogen-bond acceptors (Lipinski definition) is 5. The maximum Gasteiger partial charge on any atom is 0.253 e. The van der Waals surface area contributed by atoms with Crippen LogP contribution in [0.1, 0.15) is 21.6 Å². The van der Waals surface area contributed by atoms with E-state index in [1.807, 2.05) is 0 Å². The van der Waals surface area contributed by atoms with Gasteiger partial charge in [0.25, 0.3) is 5.91 Å². The van der Waals surface area contributed by atoms with Crippen LogP contribution in [0.15, 0.2) is 12.1 Å². The zero-order valence-corrected chi connectivity index (χ0v) is 15.2. The van der Waals surface area contributed by atoms with Crippen LogP contribution < -0.4 is 20.9 Å². The third-order valence-corrected chi connectivity index (χ3v) is 4.44. The Morgan fingerprint density at radius 2 is 1.67 bits per heavy atom. The number of amides is 1. The third-order valence-electron chi connectivity index (χ3n) is 4.44. The summed E-state index contributed by atoms with van der Waals surface area (Å²) in [5.41, 5.74) is 12.4. The Labute approximate surface area is 153 Å². The summed E-state index contributed by atoms with van der Waals surface area (Å²) in [6.45, 7) is 3.51. The van der Waals surface area contributed by atoms with E-state index in [1.165, 1.54) is 14.2 Å². The van der Waals surface area contributed by atoms with Gasteiger partial charge in [-0.3, -0.25) is 9.36 Å². The number of rotatable bonds is 4. The van der Waals surface area contributed by atoms with Crippen molar-refractivity contribution in [3.8, 4) is 17.2 Å². The first-order valence-electron chi connectivity index (χ1n) is 7.91. The number of carbonyl (C=O) groups excluding carboxylic acids is 1. The van der Waals surface area contributed by atoms with Gasteiger partial charge in [-0.15, -0.1) is 0 Å². The number of primary amides is 1. The van der Waals surface area contributed by atoms with Crippen molar-refractivity contribution in [2.75, 3.05) is 20.0 Å². The van der Waals surface area contributed by atoms with Crippen molar-refractivity contribution >= 4 is 22.8 Å². The average Bonchev–Trinajstić information content (AvgIpc) is 2.88. The van der Waals surface area contributed by atoms with Gasteiger partial charge in [-0.1, -0.05) is 0 Å². The molecule has 0 unspecified atom stereocenters. The van der Waals surface area contributed by atoms with Crippen LogP contribution >= 0.6 is 0 Å². The van der Waals surface area contributed by atoms with E-state index in [2.05, 4.69) is 4.98 Å². The molecule has 0 saturated carbocycles. The van der Waals surface area contributed by atoms with E-state index in [9.17, 15) is 13.6 Å². The van der Waals surface area contributed by atoms with E-state index in [0.717, 1.165) is 16.2 Å². The zero-order chi connectivity index (χ0) is 20.0. The summed E-state index contributed by atoms with van der Waals surface area (Å²) < 4.78 is 40.9. The highest BCUT2D eigenvalue weighted by Gasteiger charge is 2.28. The van der Waals surface area contributed by atoms with E-state index >= 15 is 0 Å². The highest BCUT2D eigenvalue weighted by molar-refractivity contribution is 6.11. The number of aromatic nitrogens is 2. The SMILES string of the molecule is COc1cc(OC)c(F)c(-n2c(N)c(C(N)=O)c3cc(C)c(C)nc32)c1F. The van der Waals surface area contributed by atoms with Gasteiger partial charge < -0.3 is 20.9 Å². The highest BCUT2D eigenvalue weighted by Crippen LogP contribution is 2.39. The van der Waals surface area contributed by atoms with E-state index < -0.39 is 23.2 Å². The van der Waals surface area contributed by atoms with Gasteiger partial charge in [0, 0.05) is 17.1 Å². The van der Waals surface area contributed by atoms with Crippen molar-refractivity contribution in [2.45, 2.75) is 13.8 Å². The predicted molar refractivity (Wildman–Crippen MR) is 96.5 cm³/mol. The monoisotopic (exact) mass is 376 g/mol. The topological polar surface area (TPSA) is 105 Å². The van der Waals surface area contributed by atoms with Crippen molar-refractivity contribution in [3.63, 3.8) is 0 Å². The molecular formula is C18H18F2N4O3. The lowest BCUT2D eigenvalue weighted by Crippen LogP contribution is -2.14. The van der Waals surface area contributed by atoms with Crippen LogP contribution in [0.2, 0.25) is 0 Å². The molecule has 27 heavy (non-hydrogen) atoms. The number of pyridine rings is 1. The van der Waals surface area contributed by atoms with Crippen LogP contribution in [-0.4, -0.2) is 29.7 Å². The highest BCUT2D eigenvalue weighted by atomic mass is 19.1. The number of anilines is 1. The zero-order valence-electron chi connectivity index (χ0n) is 15.2. The van der Waals surface area contributed by atoms with E-state index in [4.69, 9.17) is 20.9 Å². The largest absolute Gasteiger partial charge is 0.493 e. The molecule has 0 spiro atoms. The molecule has 0 atom stereocenters. The smallest absolute Gasteiger partial charge is 0.253 e. The van der Waals surface area contributed by atoms with E-state index in [0.29, 0.717) is 11.1 Å². The van der Waals surface area contributed by atoms with Gasteiger partial charge in [-0.05, 0) is 25.5 Å². The minimum Gasteiger partial charge on any atom is -0.493 e. The van der Waals surface area contributed by atoms with Crippen molar-refractivity contribution in [1.82, 2.24) is 9.55 Å². The number of carbonyl (C=O) groups is 1. The Balaban J connectivity index is 2.55. The molecule has 3 rings (SSSR count). The maximum atomic E-state index is 15.0. The molecule has 0 saturated heterocycles. The first-order chi connectivity index (χ1) is 12.7. The Kier molecular flexibility index (Phi) is 4.38. The number of hydrogen-bond donors (Lipinski definition) is 2. The second kappa shape index (κ2) is 6.42. The van der Waals surface area contributed by atoms with Gasteiger partial charge >= 0.3 is 0 Å². The van der Waals surface area contributed by atoms with Crippen LogP contribution in [0.5, 0.6) is 11.5 Å². The molecule has 2 heterocycles. The summed E-state index contributed by atoms with van der Waals surface area (Å²) in [5.74, 6) is -3.62. The van der Waals surface area contributed by atoms with E-state index in [1.54, 1.807) is 19.9 Å². The van der Waals surface area contributed by atoms with Gasteiger partial charge in [0.1, 0.15) is 17.2 Å². The van der Waals surface area contributed by atoms with Crippen LogP contribution in [0, 0.1) is 25.5 Å². The Bertz CT molecular complexity index is 1060. The number of halogens is 2. The van der Waals surface area contributed by atoms with Crippen LogP contribution in [0.25, 0.3) is 16.7 Å². The average molecular weight is 376 g/mol. The molecule has 1 aromatic carbocycles. The Hall–Kier alpha value is -3.36. The second-order valence-corrected chi connectivity index (χ2v) is 5.98. The molecule has 3 aromatic rings. The minimum absolute atomic E-state index is 0.0683. The standard InChI is InChI=1S/C18H18F2N4O3/c1-7-5-9-12(17(22)25)16(21)24(18(9)23-8(7)2)15-13(19)10(26-3)6-11(27-4)14(15)20/h5-6H,21H2,1-4H3,(H2,22,25). The summed E-state index contributed by atoms with van der Waals surface area (Å²) in [6, 6.07) is 2.73. The number of nitrogen functional groups attached to an aromatic ring is 1. The molecule has 0 aliphatic carbocycles. The Morgan fingerprint density at radius 3 is 2.15 bits per heavy atom. The fourth-order valence-corrected chi connectivity index (χ4v) is 2.97. The molecule has 9 heteroatoms. The summed E-state index contributed by atoms with van der Waals surface area (Å²) >= 11 is 0. The van der Waals surface area contributed by atoms with Crippen LogP contribution in [-0.2, 0) is 0 Å². The number of nitrogens with zero attached hydrogens (tertiary/aromatic N) is 2.